The van der Waals surface area contributed by atoms with Crippen LogP contribution in [-0.4, -0.2) is 26.4 Å². The van der Waals surface area contributed by atoms with E-state index >= 15 is 0 Å². The minimum Gasteiger partial charge on any atom is -0.248 e. The van der Waals surface area contributed by atoms with E-state index in [9.17, 15) is 4.21 Å². The van der Waals surface area contributed by atoms with Gasteiger partial charge in [0.25, 0.3) is 0 Å². The number of halogens is 2. The second kappa shape index (κ2) is 7.57. The van der Waals surface area contributed by atoms with Crippen LogP contribution in [0.1, 0.15) is 0 Å². The molecule has 0 aromatic heterocycles. The van der Waals surface area contributed by atoms with Crippen molar-refractivity contribution in [2.24, 2.45) is 0 Å². The highest BCUT2D eigenvalue weighted by Gasteiger charge is 1.96. The van der Waals surface area contributed by atoms with E-state index in [1.165, 1.54) is 10.8 Å². The zero-order chi connectivity index (χ0) is 7.11. The van der Waals surface area contributed by atoms with E-state index < -0.39 is 9.83 Å². The monoisotopic (exact) mass is 294 g/mol. The normalized spacial score (nSPS) is 13.6. The molecule has 0 aromatic rings. The fourth-order valence-electron chi connectivity index (χ4n) is 0.246. The van der Waals surface area contributed by atoms with Gasteiger partial charge >= 0.3 is 0 Å². The Balaban J connectivity index is 3.06. The van der Waals surface area contributed by atoms with Gasteiger partial charge in [0.1, 0.15) is 0 Å². The summed E-state index contributed by atoms with van der Waals surface area (Å²) < 4.78 is 10.8. The second-order valence-electron chi connectivity index (χ2n) is 1.21. The van der Waals surface area contributed by atoms with E-state index in [2.05, 4.69) is 31.9 Å². The van der Waals surface area contributed by atoms with Crippen molar-refractivity contribution in [2.45, 2.75) is 0 Å². The number of alkyl halides is 2. The third kappa shape index (κ3) is 7.36. The van der Waals surface area contributed by atoms with E-state index in [1.54, 1.807) is 0 Å². The summed E-state index contributed by atoms with van der Waals surface area (Å²) in [6.45, 7) is 0. The van der Waals surface area contributed by atoms with E-state index in [0.717, 1.165) is 22.2 Å². The molecular formula is C4H8Br2OS2. The van der Waals surface area contributed by atoms with Gasteiger partial charge in [0.05, 0.1) is 9.83 Å². The van der Waals surface area contributed by atoms with Crippen LogP contribution in [0.15, 0.2) is 0 Å². The first-order valence-electron chi connectivity index (χ1n) is 2.45. The van der Waals surface area contributed by atoms with Crippen LogP contribution >= 0.6 is 42.7 Å². The molecule has 0 radical (unpaired) electrons. The largest absolute Gasteiger partial charge is 0.248 e. The van der Waals surface area contributed by atoms with Gasteiger partial charge in [0, 0.05) is 22.2 Å². The molecule has 0 aliphatic heterocycles. The minimum absolute atomic E-state index is 0.680. The quantitative estimate of drug-likeness (QED) is 0.571. The van der Waals surface area contributed by atoms with Crippen molar-refractivity contribution in [1.82, 2.24) is 0 Å². The molecule has 0 aliphatic rings. The maximum atomic E-state index is 10.8. The molecule has 1 nitrogen and oxygen atoms in total. The van der Waals surface area contributed by atoms with Crippen LogP contribution in [0.25, 0.3) is 0 Å². The lowest BCUT2D eigenvalue weighted by Gasteiger charge is -1.94. The van der Waals surface area contributed by atoms with Gasteiger partial charge in [-0.3, -0.25) is 0 Å². The maximum absolute atomic E-state index is 10.8. The molecule has 5 heteroatoms. The molecule has 9 heavy (non-hydrogen) atoms. The molecule has 0 N–H and O–H groups in total. The predicted molar refractivity (Wildman–Crippen MR) is 53.1 cm³/mol. The molecule has 0 saturated heterocycles. The Morgan fingerprint density at radius 1 is 1.33 bits per heavy atom. The highest BCUT2D eigenvalue weighted by molar-refractivity contribution is 9.09. The van der Waals surface area contributed by atoms with Crippen molar-refractivity contribution >= 4 is 52.5 Å². The highest BCUT2D eigenvalue weighted by atomic mass is 79.9. The van der Waals surface area contributed by atoms with E-state index in [4.69, 9.17) is 0 Å². The van der Waals surface area contributed by atoms with Crippen molar-refractivity contribution in [3.05, 3.63) is 0 Å². The van der Waals surface area contributed by atoms with E-state index in [0.29, 0.717) is 0 Å². The summed E-state index contributed by atoms with van der Waals surface area (Å²) in [6.07, 6.45) is 0. The van der Waals surface area contributed by atoms with Gasteiger partial charge < -0.3 is 0 Å². The smallest absolute Gasteiger partial charge is 0.0812 e. The Bertz CT molecular complexity index is 88.6. The first-order chi connectivity index (χ1) is 4.31. The molecule has 0 rings (SSSR count). The van der Waals surface area contributed by atoms with Crippen molar-refractivity contribution in [2.75, 3.05) is 22.2 Å². The Kier molecular flexibility index (Phi) is 8.79. The SMILES string of the molecule is O=S(CCBr)SCCBr. The molecule has 0 amide bonds. The molecular weight excluding hydrogens is 288 g/mol. The fraction of sp³-hybridized carbons (Fsp3) is 1.00. The molecule has 1 atom stereocenters. The molecule has 1 unspecified atom stereocenters. The van der Waals surface area contributed by atoms with Gasteiger partial charge in [-0.05, 0) is 0 Å². The van der Waals surface area contributed by atoms with Gasteiger partial charge in [-0.15, -0.1) is 0 Å². The van der Waals surface area contributed by atoms with Crippen LogP contribution < -0.4 is 0 Å². The van der Waals surface area contributed by atoms with Crippen LogP contribution in [0.5, 0.6) is 0 Å². The van der Waals surface area contributed by atoms with Crippen molar-refractivity contribution in [1.29, 1.82) is 0 Å². The molecule has 0 aliphatic carbocycles. The Hall–Kier alpha value is 1.46. The first-order valence-corrected chi connectivity index (χ1v) is 7.51. The lowest BCUT2D eigenvalue weighted by Crippen LogP contribution is -1.94. The zero-order valence-electron chi connectivity index (χ0n) is 4.81. The molecule has 0 saturated carbocycles. The average Bonchev–Trinajstić information content (AvgIpc) is 1.85. The third-order valence-electron chi connectivity index (χ3n) is 0.536. The van der Waals surface area contributed by atoms with Crippen LogP contribution in [-0.2, 0) is 9.83 Å². The summed E-state index contributed by atoms with van der Waals surface area (Å²) in [6, 6.07) is 0. The standard InChI is InChI=1S/C4H8Br2OS2/c5-1-3-8-9(7)4-2-6/h1-4H2. The summed E-state index contributed by atoms with van der Waals surface area (Å²) >= 11 is 6.49. The van der Waals surface area contributed by atoms with Gasteiger partial charge in [0.15, 0.2) is 0 Å². The van der Waals surface area contributed by atoms with Gasteiger partial charge in [-0.1, -0.05) is 42.7 Å². The van der Waals surface area contributed by atoms with Gasteiger partial charge in [-0.25, -0.2) is 4.21 Å². The minimum atomic E-state index is -0.680. The predicted octanol–water partition coefficient (Wildman–Crippen LogP) is 2.17. The van der Waals surface area contributed by atoms with Crippen LogP contribution in [0.4, 0.5) is 0 Å². The molecule has 0 bridgehead atoms. The van der Waals surface area contributed by atoms with Crippen molar-refractivity contribution in [3.63, 3.8) is 0 Å². The maximum Gasteiger partial charge on any atom is 0.0812 e. The topological polar surface area (TPSA) is 17.1 Å². The van der Waals surface area contributed by atoms with E-state index in [1.807, 2.05) is 0 Å². The first kappa shape index (κ1) is 10.5. The van der Waals surface area contributed by atoms with Crippen LogP contribution in [0.3, 0.4) is 0 Å². The average molecular weight is 296 g/mol. The molecule has 56 valence electrons. The highest BCUT2D eigenvalue weighted by Crippen LogP contribution is 2.08. The molecule has 0 spiro atoms. The van der Waals surface area contributed by atoms with Crippen LogP contribution in [0, 0.1) is 0 Å². The Labute approximate surface area is 78.5 Å². The Morgan fingerprint density at radius 2 is 2.00 bits per heavy atom. The lowest BCUT2D eigenvalue weighted by atomic mass is 11.0. The Morgan fingerprint density at radius 3 is 2.44 bits per heavy atom. The fourth-order valence-corrected chi connectivity index (χ4v) is 4.80. The van der Waals surface area contributed by atoms with Gasteiger partial charge in [-0.2, -0.15) is 0 Å². The second-order valence-corrected chi connectivity index (χ2v) is 6.28. The summed E-state index contributed by atoms with van der Waals surface area (Å²) in [4.78, 5) is 0. The third-order valence-corrected chi connectivity index (χ3v) is 5.34. The van der Waals surface area contributed by atoms with Gasteiger partial charge in [0.2, 0.25) is 0 Å². The number of hydrogen-bond donors (Lipinski definition) is 0. The van der Waals surface area contributed by atoms with E-state index in [-0.39, 0.29) is 0 Å². The summed E-state index contributed by atoms with van der Waals surface area (Å²) in [7, 11) is 0.816. The summed E-state index contributed by atoms with van der Waals surface area (Å²) in [5.41, 5.74) is 0. The number of rotatable bonds is 5. The molecule has 0 heterocycles. The summed E-state index contributed by atoms with van der Waals surface area (Å²) in [5, 5.41) is 1.75. The van der Waals surface area contributed by atoms with Crippen molar-refractivity contribution < 1.29 is 4.21 Å². The zero-order valence-corrected chi connectivity index (χ0v) is 9.61. The van der Waals surface area contributed by atoms with Crippen LogP contribution in [0.2, 0.25) is 0 Å². The summed E-state index contributed by atoms with van der Waals surface area (Å²) in [5.74, 6) is 1.68. The lowest BCUT2D eigenvalue weighted by molar-refractivity contribution is 0.692. The number of hydrogen-bond acceptors (Lipinski definition) is 2. The van der Waals surface area contributed by atoms with Crippen molar-refractivity contribution in [3.8, 4) is 0 Å². The molecule has 0 fully saturated rings. The molecule has 0 aromatic carbocycles.